The van der Waals surface area contributed by atoms with Gasteiger partial charge in [-0.1, -0.05) is 29.8 Å². The molecule has 0 aromatic heterocycles. The van der Waals surface area contributed by atoms with Crippen LogP contribution in [-0.2, 0) is 6.42 Å². The predicted octanol–water partition coefficient (Wildman–Crippen LogP) is 3.94. The predicted molar refractivity (Wildman–Crippen MR) is 122 cm³/mol. The number of nitrogens with zero attached hydrogens (tertiary/aromatic N) is 1. The van der Waals surface area contributed by atoms with Gasteiger partial charge >= 0.3 is 0 Å². The quantitative estimate of drug-likeness (QED) is 0.280. The van der Waals surface area contributed by atoms with Crippen molar-refractivity contribution >= 4 is 41.5 Å². The van der Waals surface area contributed by atoms with E-state index in [0.717, 1.165) is 11.3 Å². The number of ether oxygens (including phenoxy) is 1. The Morgan fingerprint density at radius 2 is 1.93 bits per heavy atom. The SMILES string of the molecule is CCNC(=NCC(O)c1ccc(F)cc1)NCCc1ccc(OC)cc1Cl.I. The first-order chi connectivity index (χ1) is 13.0. The number of rotatable bonds is 8. The highest BCUT2D eigenvalue weighted by Crippen LogP contribution is 2.22. The summed E-state index contributed by atoms with van der Waals surface area (Å²) in [6.07, 6.45) is -0.0783. The Bertz CT molecular complexity index is 760. The zero-order chi connectivity index (χ0) is 19.6. The van der Waals surface area contributed by atoms with Gasteiger partial charge in [-0.25, -0.2) is 4.39 Å². The van der Waals surface area contributed by atoms with Crippen molar-refractivity contribution in [2.24, 2.45) is 4.99 Å². The third-order valence-corrected chi connectivity index (χ3v) is 4.32. The number of nitrogens with one attached hydrogen (secondary N) is 2. The van der Waals surface area contributed by atoms with Crippen LogP contribution in [0.1, 0.15) is 24.2 Å². The molecule has 154 valence electrons. The molecule has 3 N–H and O–H groups in total. The Morgan fingerprint density at radius 3 is 2.54 bits per heavy atom. The molecule has 0 bridgehead atoms. The van der Waals surface area contributed by atoms with E-state index in [2.05, 4.69) is 15.6 Å². The molecule has 1 atom stereocenters. The van der Waals surface area contributed by atoms with Crippen LogP contribution in [0.4, 0.5) is 4.39 Å². The van der Waals surface area contributed by atoms with Gasteiger partial charge in [0.05, 0.1) is 19.8 Å². The van der Waals surface area contributed by atoms with Gasteiger partial charge in [0, 0.05) is 18.1 Å². The maximum atomic E-state index is 13.0. The summed E-state index contributed by atoms with van der Waals surface area (Å²) in [6.45, 7) is 3.46. The van der Waals surface area contributed by atoms with Gasteiger partial charge < -0.3 is 20.5 Å². The monoisotopic (exact) mass is 521 g/mol. The Hall–Kier alpha value is -1.58. The minimum absolute atomic E-state index is 0. The van der Waals surface area contributed by atoms with Gasteiger partial charge in [-0.05, 0) is 48.7 Å². The number of aliphatic imine (C=N–C) groups is 1. The molecule has 0 aliphatic rings. The molecule has 0 aliphatic carbocycles. The minimum Gasteiger partial charge on any atom is -0.497 e. The lowest BCUT2D eigenvalue weighted by atomic mass is 10.1. The van der Waals surface area contributed by atoms with E-state index in [1.165, 1.54) is 12.1 Å². The normalized spacial score (nSPS) is 12.1. The van der Waals surface area contributed by atoms with Gasteiger partial charge in [0.2, 0.25) is 0 Å². The Labute approximate surface area is 187 Å². The summed E-state index contributed by atoms with van der Waals surface area (Å²) in [6, 6.07) is 11.4. The van der Waals surface area contributed by atoms with Crippen molar-refractivity contribution in [1.82, 2.24) is 10.6 Å². The molecular formula is C20H26ClFIN3O2. The molecule has 0 amide bonds. The van der Waals surface area contributed by atoms with Crippen molar-refractivity contribution < 1.29 is 14.2 Å². The molecule has 5 nitrogen and oxygen atoms in total. The van der Waals surface area contributed by atoms with E-state index in [4.69, 9.17) is 16.3 Å². The first-order valence-corrected chi connectivity index (χ1v) is 9.19. The number of halogens is 3. The first kappa shape index (κ1) is 24.5. The molecule has 0 aliphatic heterocycles. The van der Waals surface area contributed by atoms with Crippen molar-refractivity contribution in [3.8, 4) is 5.75 Å². The van der Waals surface area contributed by atoms with E-state index in [0.29, 0.717) is 36.1 Å². The maximum absolute atomic E-state index is 13.0. The summed E-state index contributed by atoms with van der Waals surface area (Å²) in [5.74, 6) is 0.992. The van der Waals surface area contributed by atoms with E-state index < -0.39 is 6.10 Å². The highest BCUT2D eigenvalue weighted by molar-refractivity contribution is 14.0. The number of benzene rings is 2. The van der Waals surface area contributed by atoms with Gasteiger partial charge in [-0.15, -0.1) is 24.0 Å². The summed E-state index contributed by atoms with van der Waals surface area (Å²) in [5.41, 5.74) is 1.63. The molecule has 2 aromatic rings. The molecule has 0 radical (unpaired) electrons. The summed E-state index contributed by atoms with van der Waals surface area (Å²) < 4.78 is 18.1. The lowest BCUT2D eigenvalue weighted by molar-refractivity contribution is 0.187. The molecule has 0 saturated heterocycles. The van der Waals surface area contributed by atoms with E-state index in [1.807, 2.05) is 19.1 Å². The fraction of sp³-hybridized carbons (Fsp3) is 0.350. The summed E-state index contributed by atoms with van der Waals surface area (Å²) >= 11 is 6.25. The van der Waals surface area contributed by atoms with Crippen molar-refractivity contribution in [2.45, 2.75) is 19.4 Å². The second-order valence-corrected chi connectivity index (χ2v) is 6.33. The third-order valence-electron chi connectivity index (χ3n) is 3.97. The summed E-state index contributed by atoms with van der Waals surface area (Å²) in [7, 11) is 1.60. The fourth-order valence-corrected chi connectivity index (χ4v) is 2.75. The van der Waals surface area contributed by atoms with Crippen LogP contribution in [0.25, 0.3) is 0 Å². The smallest absolute Gasteiger partial charge is 0.191 e. The summed E-state index contributed by atoms with van der Waals surface area (Å²) in [5, 5.41) is 17.2. The van der Waals surface area contributed by atoms with Crippen LogP contribution in [0.5, 0.6) is 5.75 Å². The Morgan fingerprint density at radius 1 is 1.21 bits per heavy atom. The highest BCUT2D eigenvalue weighted by atomic mass is 127. The van der Waals surface area contributed by atoms with Gasteiger partial charge in [-0.3, -0.25) is 4.99 Å². The van der Waals surface area contributed by atoms with E-state index in [-0.39, 0.29) is 36.3 Å². The number of hydrogen-bond acceptors (Lipinski definition) is 3. The van der Waals surface area contributed by atoms with E-state index in [9.17, 15) is 9.50 Å². The fourth-order valence-electron chi connectivity index (χ4n) is 2.48. The number of hydrogen-bond donors (Lipinski definition) is 3. The van der Waals surface area contributed by atoms with Crippen LogP contribution in [0.15, 0.2) is 47.5 Å². The van der Waals surface area contributed by atoms with Gasteiger partial charge in [0.1, 0.15) is 11.6 Å². The summed E-state index contributed by atoms with van der Waals surface area (Å²) in [4.78, 5) is 4.39. The van der Waals surface area contributed by atoms with Gasteiger partial charge in [-0.2, -0.15) is 0 Å². The average Bonchev–Trinajstić information content (AvgIpc) is 2.67. The van der Waals surface area contributed by atoms with E-state index >= 15 is 0 Å². The van der Waals surface area contributed by atoms with E-state index in [1.54, 1.807) is 25.3 Å². The standard InChI is InChI=1S/C20H25ClFN3O2.HI/c1-3-23-20(25-13-19(26)15-4-7-16(22)8-5-15)24-11-10-14-6-9-17(27-2)12-18(14)21;/h4-9,12,19,26H,3,10-11,13H2,1-2H3,(H2,23,24,25);1H. The largest absolute Gasteiger partial charge is 0.497 e. The second kappa shape index (κ2) is 12.8. The van der Waals surface area contributed by atoms with Crippen molar-refractivity contribution in [1.29, 1.82) is 0 Å². The molecule has 0 fully saturated rings. The Balaban J connectivity index is 0.00000392. The molecule has 0 saturated carbocycles. The van der Waals surface area contributed by atoms with Crippen molar-refractivity contribution in [3.05, 3.63) is 64.4 Å². The van der Waals surface area contributed by atoms with Crippen LogP contribution >= 0.6 is 35.6 Å². The van der Waals surface area contributed by atoms with Crippen LogP contribution in [0.2, 0.25) is 5.02 Å². The van der Waals surface area contributed by atoms with Crippen molar-refractivity contribution in [3.63, 3.8) is 0 Å². The van der Waals surface area contributed by atoms with Crippen LogP contribution in [-0.4, -0.2) is 37.8 Å². The van der Waals surface area contributed by atoms with Gasteiger partial charge in [0.15, 0.2) is 5.96 Å². The molecular weight excluding hydrogens is 496 g/mol. The molecule has 28 heavy (non-hydrogen) atoms. The lowest BCUT2D eigenvalue weighted by Gasteiger charge is -2.14. The maximum Gasteiger partial charge on any atom is 0.191 e. The van der Waals surface area contributed by atoms with Crippen LogP contribution in [0, 0.1) is 5.82 Å². The zero-order valence-electron chi connectivity index (χ0n) is 15.9. The average molecular weight is 522 g/mol. The Kier molecular flexibility index (Phi) is 11.2. The number of guanidine groups is 1. The zero-order valence-corrected chi connectivity index (χ0v) is 19.0. The second-order valence-electron chi connectivity index (χ2n) is 5.92. The number of aliphatic hydroxyl groups is 1. The molecule has 1 unspecified atom stereocenters. The molecule has 2 rings (SSSR count). The molecule has 0 spiro atoms. The first-order valence-electron chi connectivity index (χ1n) is 8.81. The highest BCUT2D eigenvalue weighted by Gasteiger charge is 2.08. The number of aliphatic hydroxyl groups excluding tert-OH is 1. The lowest BCUT2D eigenvalue weighted by Crippen LogP contribution is -2.38. The van der Waals surface area contributed by atoms with Crippen LogP contribution < -0.4 is 15.4 Å². The topological polar surface area (TPSA) is 65.9 Å². The minimum atomic E-state index is -0.794. The van der Waals surface area contributed by atoms with Crippen molar-refractivity contribution in [2.75, 3.05) is 26.7 Å². The molecule has 0 heterocycles. The third kappa shape index (κ3) is 7.81. The van der Waals surface area contributed by atoms with Gasteiger partial charge in [0.25, 0.3) is 0 Å². The van der Waals surface area contributed by atoms with Crippen LogP contribution in [0.3, 0.4) is 0 Å². The number of methoxy groups -OCH3 is 1. The molecule has 8 heteroatoms. The molecule has 2 aromatic carbocycles.